The van der Waals surface area contributed by atoms with Crippen LogP contribution in [0.4, 0.5) is 4.39 Å². The van der Waals surface area contributed by atoms with Crippen molar-refractivity contribution in [2.24, 2.45) is 5.73 Å². The van der Waals surface area contributed by atoms with E-state index in [4.69, 9.17) is 14.9 Å². The average Bonchev–Trinajstić information content (AvgIpc) is 2.96. The van der Waals surface area contributed by atoms with Gasteiger partial charge in [-0.05, 0) is 31.2 Å². The maximum absolute atomic E-state index is 13.4. The van der Waals surface area contributed by atoms with Gasteiger partial charge in [0.2, 0.25) is 0 Å². The summed E-state index contributed by atoms with van der Waals surface area (Å²) >= 11 is 0. The number of hydrogen-bond acceptors (Lipinski definition) is 4. The number of hydrogen-bond donors (Lipinski definition) is 2. The van der Waals surface area contributed by atoms with Gasteiger partial charge < -0.3 is 20.2 Å². The van der Waals surface area contributed by atoms with Gasteiger partial charge in [0, 0.05) is 5.56 Å². The first-order chi connectivity index (χ1) is 10.0. The standard InChI is InChI=1S/C15H17FN2O3.ClH/c1-9(13-6-11(16)3-4-14(13)20-2)18-15(19)10-5-12(7-17)21-8-10;/h3-6,8-9H,7,17H2,1-2H3,(H,18,19);1H. The first kappa shape index (κ1) is 18.0. The van der Waals surface area contributed by atoms with Gasteiger partial charge >= 0.3 is 0 Å². The van der Waals surface area contributed by atoms with Crippen molar-refractivity contribution < 1.29 is 18.3 Å². The highest BCUT2D eigenvalue weighted by Crippen LogP contribution is 2.26. The topological polar surface area (TPSA) is 77.5 Å². The van der Waals surface area contributed by atoms with Gasteiger partial charge in [0.05, 0.1) is 25.3 Å². The highest BCUT2D eigenvalue weighted by molar-refractivity contribution is 5.94. The number of rotatable bonds is 5. The van der Waals surface area contributed by atoms with Gasteiger partial charge in [0.15, 0.2) is 0 Å². The SMILES string of the molecule is COc1ccc(F)cc1C(C)NC(=O)c1coc(CN)c1.Cl. The summed E-state index contributed by atoms with van der Waals surface area (Å²) in [7, 11) is 1.49. The largest absolute Gasteiger partial charge is 0.496 e. The molecule has 1 amide bonds. The third-order valence-electron chi connectivity index (χ3n) is 3.12. The minimum Gasteiger partial charge on any atom is -0.496 e. The van der Waals surface area contributed by atoms with Crippen LogP contribution < -0.4 is 15.8 Å². The molecule has 0 radical (unpaired) electrons. The summed E-state index contributed by atoms with van der Waals surface area (Å²) in [5.74, 6) is 0.327. The normalized spacial score (nSPS) is 11.5. The molecule has 2 rings (SSSR count). The van der Waals surface area contributed by atoms with E-state index < -0.39 is 6.04 Å². The first-order valence-electron chi connectivity index (χ1n) is 6.47. The molecule has 7 heteroatoms. The summed E-state index contributed by atoms with van der Waals surface area (Å²) in [5.41, 5.74) is 6.36. The number of nitrogens with one attached hydrogen (secondary N) is 1. The average molecular weight is 329 g/mol. The molecule has 1 unspecified atom stereocenters. The molecule has 1 heterocycles. The highest BCUT2D eigenvalue weighted by Gasteiger charge is 2.17. The third-order valence-corrected chi connectivity index (χ3v) is 3.12. The molecular formula is C15H18ClFN2O3. The number of nitrogens with two attached hydrogens (primary N) is 1. The van der Waals surface area contributed by atoms with Crippen LogP contribution in [0.25, 0.3) is 0 Å². The lowest BCUT2D eigenvalue weighted by Crippen LogP contribution is -2.26. The van der Waals surface area contributed by atoms with E-state index in [0.29, 0.717) is 22.6 Å². The van der Waals surface area contributed by atoms with Crippen LogP contribution in [0.1, 0.15) is 34.6 Å². The number of carbonyl (C=O) groups is 1. The molecule has 22 heavy (non-hydrogen) atoms. The second-order valence-electron chi connectivity index (χ2n) is 4.59. The van der Waals surface area contributed by atoms with Crippen molar-refractivity contribution in [3.05, 3.63) is 53.2 Å². The third kappa shape index (κ3) is 3.99. The minimum atomic E-state index is -0.417. The van der Waals surface area contributed by atoms with Crippen LogP contribution in [-0.4, -0.2) is 13.0 Å². The Balaban J connectivity index is 0.00000242. The quantitative estimate of drug-likeness (QED) is 0.884. The number of carbonyl (C=O) groups excluding carboxylic acids is 1. The summed E-state index contributed by atoms with van der Waals surface area (Å²) in [4.78, 5) is 12.1. The first-order valence-corrected chi connectivity index (χ1v) is 6.47. The minimum absolute atomic E-state index is 0. The van der Waals surface area contributed by atoms with Crippen molar-refractivity contribution in [1.82, 2.24) is 5.32 Å². The summed E-state index contributed by atoms with van der Waals surface area (Å²) < 4.78 is 23.6. The summed E-state index contributed by atoms with van der Waals surface area (Å²) in [5, 5.41) is 2.77. The van der Waals surface area contributed by atoms with Gasteiger partial charge in [-0.25, -0.2) is 4.39 Å². The molecule has 3 N–H and O–H groups in total. The van der Waals surface area contributed by atoms with E-state index in [1.54, 1.807) is 13.0 Å². The van der Waals surface area contributed by atoms with Crippen LogP contribution in [0, 0.1) is 5.82 Å². The molecule has 0 aliphatic rings. The molecular weight excluding hydrogens is 311 g/mol. The molecule has 0 aliphatic carbocycles. The Kier molecular flexibility index (Phi) is 6.39. The van der Waals surface area contributed by atoms with Crippen molar-refractivity contribution in [1.29, 1.82) is 0 Å². The van der Waals surface area contributed by atoms with Gasteiger partial charge in [-0.1, -0.05) is 0 Å². The van der Waals surface area contributed by atoms with Gasteiger partial charge in [0.25, 0.3) is 5.91 Å². The van der Waals surface area contributed by atoms with Crippen molar-refractivity contribution in [2.45, 2.75) is 19.5 Å². The number of amides is 1. The lowest BCUT2D eigenvalue weighted by atomic mass is 10.1. The van der Waals surface area contributed by atoms with E-state index in [0.717, 1.165) is 0 Å². The second-order valence-corrected chi connectivity index (χ2v) is 4.59. The molecule has 2 aromatic rings. The number of benzene rings is 1. The Morgan fingerprint density at radius 3 is 2.77 bits per heavy atom. The van der Waals surface area contributed by atoms with Crippen LogP contribution in [0.3, 0.4) is 0 Å². The molecule has 0 saturated heterocycles. The Morgan fingerprint density at radius 1 is 1.45 bits per heavy atom. The number of furan rings is 1. The van der Waals surface area contributed by atoms with E-state index in [2.05, 4.69) is 5.32 Å². The molecule has 1 aromatic carbocycles. The molecule has 0 fully saturated rings. The zero-order valence-electron chi connectivity index (χ0n) is 12.3. The fraction of sp³-hybridized carbons (Fsp3) is 0.267. The maximum Gasteiger partial charge on any atom is 0.255 e. The fourth-order valence-corrected chi connectivity index (χ4v) is 2.01. The zero-order valence-corrected chi connectivity index (χ0v) is 13.1. The lowest BCUT2D eigenvalue weighted by molar-refractivity contribution is 0.0939. The van der Waals surface area contributed by atoms with Crippen molar-refractivity contribution in [2.75, 3.05) is 7.11 Å². The van der Waals surface area contributed by atoms with Crippen LogP contribution in [0.2, 0.25) is 0 Å². The van der Waals surface area contributed by atoms with Crippen LogP contribution in [-0.2, 0) is 6.54 Å². The van der Waals surface area contributed by atoms with Crippen molar-refractivity contribution in [3.8, 4) is 5.75 Å². The second kappa shape index (κ2) is 7.82. The number of ether oxygens (including phenoxy) is 1. The monoisotopic (exact) mass is 328 g/mol. The zero-order chi connectivity index (χ0) is 15.4. The van der Waals surface area contributed by atoms with Crippen LogP contribution in [0.5, 0.6) is 5.75 Å². The van der Waals surface area contributed by atoms with Gasteiger partial charge in [0.1, 0.15) is 23.6 Å². The smallest absolute Gasteiger partial charge is 0.255 e. The Bertz CT molecular complexity index is 645. The molecule has 0 saturated carbocycles. The summed E-state index contributed by atoms with van der Waals surface area (Å²) in [6.45, 7) is 1.97. The van der Waals surface area contributed by atoms with E-state index in [9.17, 15) is 9.18 Å². The fourth-order valence-electron chi connectivity index (χ4n) is 2.01. The van der Waals surface area contributed by atoms with Crippen LogP contribution in [0.15, 0.2) is 34.9 Å². The van der Waals surface area contributed by atoms with Crippen molar-refractivity contribution in [3.63, 3.8) is 0 Å². The maximum atomic E-state index is 13.4. The number of halogens is 2. The number of methoxy groups -OCH3 is 1. The van der Waals surface area contributed by atoms with E-state index >= 15 is 0 Å². The van der Waals surface area contributed by atoms with Gasteiger partial charge in [-0.3, -0.25) is 4.79 Å². The molecule has 0 bridgehead atoms. The van der Waals surface area contributed by atoms with E-state index in [1.165, 1.54) is 31.6 Å². The molecule has 0 aliphatic heterocycles. The Morgan fingerprint density at radius 2 is 2.18 bits per heavy atom. The molecule has 0 spiro atoms. The Labute approximate surface area is 134 Å². The molecule has 1 atom stereocenters. The van der Waals surface area contributed by atoms with E-state index in [1.807, 2.05) is 0 Å². The van der Waals surface area contributed by atoms with Crippen LogP contribution >= 0.6 is 12.4 Å². The predicted octanol–water partition coefficient (Wildman–Crippen LogP) is 2.80. The highest BCUT2D eigenvalue weighted by atomic mass is 35.5. The lowest BCUT2D eigenvalue weighted by Gasteiger charge is -2.17. The Hall–Kier alpha value is -2.05. The molecule has 1 aromatic heterocycles. The summed E-state index contributed by atoms with van der Waals surface area (Å²) in [6.07, 6.45) is 1.34. The van der Waals surface area contributed by atoms with E-state index in [-0.39, 0.29) is 30.7 Å². The summed E-state index contributed by atoms with van der Waals surface area (Å²) in [6, 6.07) is 5.33. The molecule has 120 valence electrons. The van der Waals surface area contributed by atoms with Crippen molar-refractivity contribution >= 4 is 18.3 Å². The van der Waals surface area contributed by atoms with Gasteiger partial charge in [-0.2, -0.15) is 0 Å². The predicted molar refractivity (Wildman–Crippen MR) is 82.7 cm³/mol. The molecule has 5 nitrogen and oxygen atoms in total. The van der Waals surface area contributed by atoms with Gasteiger partial charge in [-0.15, -0.1) is 12.4 Å².